The van der Waals surface area contributed by atoms with Crippen LogP contribution in [0.1, 0.15) is 0 Å². The van der Waals surface area contributed by atoms with Gasteiger partial charge in [-0.05, 0) is 71.1 Å². The third-order valence-corrected chi connectivity index (χ3v) is 10.8. The van der Waals surface area contributed by atoms with Crippen LogP contribution in [-0.4, -0.2) is 24.1 Å². The summed E-state index contributed by atoms with van der Waals surface area (Å²) in [7, 11) is 0. The average molecular weight is 716 g/mol. The summed E-state index contributed by atoms with van der Waals surface area (Å²) in [6.07, 6.45) is 2.18. The summed E-state index contributed by atoms with van der Waals surface area (Å²) in [6.45, 7) is 0. The highest BCUT2D eigenvalue weighted by atomic mass is 15.0. The van der Waals surface area contributed by atoms with Crippen molar-refractivity contribution in [1.29, 1.82) is 0 Å². The monoisotopic (exact) mass is 715 g/mol. The molecule has 0 amide bonds. The average Bonchev–Trinajstić information content (AvgIpc) is 3.85. The minimum Gasteiger partial charge on any atom is -0.317 e. The van der Waals surface area contributed by atoms with Crippen LogP contribution in [-0.2, 0) is 0 Å². The van der Waals surface area contributed by atoms with Crippen LogP contribution in [0.15, 0.2) is 200 Å². The topological polar surface area (TPSA) is 48.5 Å². The second-order valence-electron chi connectivity index (χ2n) is 14.1. The molecule has 3 heterocycles. The Morgan fingerprint density at radius 1 is 0.321 bits per heavy atom. The molecule has 0 fully saturated rings. The third kappa shape index (κ3) is 5.37. The van der Waals surface area contributed by atoms with E-state index >= 15 is 0 Å². The first kappa shape index (κ1) is 31.9. The first-order valence-electron chi connectivity index (χ1n) is 18.9. The molecule has 0 saturated carbocycles. The van der Waals surface area contributed by atoms with Gasteiger partial charge in [-0.1, -0.05) is 140 Å². The number of aromatic nitrogens is 5. The van der Waals surface area contributed by atoms with Crippen molar-refractivity contribution in [1.82, 2.24) is 24.1 Å². The van der Waals surface area contributed by atoms with Gasteiger partial charge in [-0.2, -0.15) is 0 Å². The predicted molar refractivity (Wildman–Crippen MR) is 230 cm³/mol. The molecule has 0 N–H and O–H groups in total. The van der Waals surface area contributed by atoms with Crippen LogP contribution in [0.5, 0.6) is 0 Å². The fourth-order valence-corrected chi connectivity index (χ4v) is 8.08. The van der Waals surface area contributed by atoms with Gasteiger partial charge in [0.1, 0.15) is 0 Å². The summed E-state index contributed by atoms with van der Waals surface area (Å²) in [4.78, 5) is 14.8. The van der Waals surface area contributed by atoms with Crippen LogP contribution in [0.4, 0.5) is 0 Å². The van der Waals surface area contributed by atoms with E-state index in [2.05, 4.69) is 149 Å². The van der Waals surface area contributed by atoms with E-state index in [0.29, 0.717) is 17.5 Å². The van der Waals surface area contributed by atoms with E-state index in [4.69, 9.17) is 15.0 Å². The number of rotatable bonds is 6. The molecule has 5 nitrogen and oxygen atoms in total. The standard InChI is InChI=1S/C51H33N5/c1-4-13-35(14-5-1)49-52-50(36-15-6-2-7-16-36)54-51(53-49)40-18-12-17-37(31-40)34-23-26-41(27-24-34)55-30-29-39-32-38-25-28-44-43-21-10-11-22-46(43)56(42-19-8-3-9-20-42)48(44)45(38)33-47(39)55/h1-33H. The molecule has 0 aliphatic rings. The van der Waals surface area contributed by atoms with Gasteiger partial charge in [0, 0.05) is 55.8 Å². The fourth-order valence-electron chi connectivity index (χ4n) is 8.08. The van der Waals surface area contributed by atoms with Crippen LogP contribution in [0.25, 0.3) is 100 Å². The largest absolute Gasteiger partial charge is 0.317 e. The van der Waals surface area contributed by atoms with Crippen LogP contribution in [0, 0.1) is 0 Å². The number of fused-ring (bicyclic) bond motifs is 6. The molecule has 0 aliphatic heterocycles. The van der Waals surface area contributed by atoms with E-state index in [9.17, 15) is 0 Å². The zero-order chi connectivity index (χ0) is 37.0. The Kier molecular flexibility index (Phi) is 7.42. The van der Waals surface area contributed by atoms with Crippen molar-refractivity contribution in [2.24, 2.45) is 0 Å². The zero-order valence-electron chi connectivity index (χ0n) is 30.3. The van der Waals surface area contributed by atoms with Gasteiger partial charge < -0.3 is 9.13 Å². The van der Waals surface area contributed by atoms with E-state index < -0.39 is 0 Å². The number of hydrogen-bond acceptors (Lipinski definition) is 3. The third-order valence-electron chi connectivity index (χ3n) is 10.8. The Hall–Kier alpha value is -7.63. The second-order valence-corrected chi connectivity index (χ2v) is 14.1. The van der Waals surface area contributed by atoms with Crippen molar-refractivity contribution in [3.8, 4) is 56.7 Å². The molecule has 5 heteroatoms. The van der Waals surface area contributed by atoms with Gasteiger partial charge in [0.25, 0.3) is 0 Å². The Morgan fingerprint density at radius 3 is 1.64 bits per heavy atom. The maximum Gasteiger partial charge on any atom is 0.164 e. The smallest absolute Gasteiger partial charge is 0.164 e. The summed E-state index contributed by atoms with van der Waals surface area (Å²) in [5, 5.41) is 6.17. The number of nitrogens with zero attached hydrogens (tertiary/aromatic N) is 5. The molecule has 0 saturated heterocycles. The molecule has 0 atom stereocenters. The molecule has 0 bridgehead atoms. The molecular weight excluding hydrogens is 683 g/mol. The highest BCUT2D eigenvalue weighted by Gasteiger charge is 2.17. The van der Waals surface area contributed by atoms with Crippen molar-refractivity contribution >= 4 is 43.5 Å². The fraction of sp³-hybridized carbons (Fsp3) is 0. The van der Waals surface area contributed by atoms with Crippen LogP contribution in [0.3, 0.4) is 0 Å². The Labute approximate surface area is 323 Å². The minimum atomic E-state index is 0.641. The second kappa shape index (κ2) is 13.0. The maximum atomic E-state index is 4.96. The van der Waals surface area contributed by atoms with E-state index in [0.717, 1.165) is 39.2 Å². The van der Waals surface area contributed by atoms with Gasteiger partial charge in [0.05, 0.1) is 16.6 Å². The van der Waals surface area contributed by atoms with Gasteiger partial charge in [-0.15, -0.1) is 0 Å². The Morgan fingerprint density at radius 2 is 0.929 bits per heavy atom. The summed E-state index contributed by atoms with van der Waals surface area (Å²) < 4.78 is 4.71. The van der Waals surface area contributed by atoms with Gasteiger partial charge in [-0.25, -0.2) is 15.0 Å². The van der Waals surface area contributed by atoms with E-state index in [1.165, 1.54) is 43.5 Å². The lowest BCUT2D eigenvalue weighted by atomic mass is 10.0. The van der Waals surface area contributed by atoms with Crippen molar-refractivity contribution in [2.45, 2.75) is 0 Å². The van der Waals surface area contributed by atoms with Crippen molar-refractivity contribution < 1.29 is 0 Å². The number of benzene rings is 8. The van der Waals surface area contributed by atoms with E-state index in [-0.39, 0.29) is 0 Å². The van der Waals surface area contributed by atoms with Gasteiger partial charge in [0.15, 0.2) is 17.5 Å². The summed E-state index contributed by atoms with van der Waals surface area (Å²) in [5.74, 6) is 1.94. The molecule has 0 radical (unpaired) electrons. The normalized spacial score (nSPS) is 11.6. The van der Waals surface area contributed by atoms with Gasteiger partial charge >= 0.3 is 0 Å². The SMILES string of the molecule is c1ccc(-c2nc(-c3ccccc3)nc(-c3cccc(-c4ccc(-n5ccc6cc7ccc8c9ccccc9n(-c9ccccc9)c8c7cc65)cc4)c3)n2)cc1. The van der Waals surface area contributed by atoms with Crippen LogP contribution >= 0.6 is 0 Å². The molecule has 3 aromatic heterocycles. The molecule has 0 spiro atoms. The van der Waals surface area contributed by atoms with Gasteiger partial charge in [-0.3, -0.25) is 0 Å². The Bertz CT molecular complexity index is 3160. The lowest BCUT2D eigenvalue weighted by molar-refractivity contribution is 1.07. The molecule has 11 rings (SSSR count). The Balaban J connectivity index is 0.990. The molecule has 11 aromatic rings. The lowest BCUT2D eigenvalue weighted by Crippen LogP contribution is -2.00. The molecule has 8 aromatic carbocycles. The molecule has 262 valence electrons. The lowest BCUT2D eigenvalue weighted by Gasteiger charge is -2.12. The minimum absolute atomic E-state index is 0.641. The van der Waals surface area contributed by atoms with Crippen molar-refractivity contribution in [3.63, 3.8) is 0 Å². The van der Waals surface area contributed by atoms with Crippen LogP contribution in [0.2, 0.25) is 0 Å². The molecule has 56 heavy (non-hydrogen) atoms. The predicted octanol–water partition coefficient (Wildman–Crippen LogP) is 12.7. The molecule has 0 unspecified atom stereocenters. The summed E-state index contributed by atoms with van der Waals surface area (Å²) in [6, 6.07) is 68.3. The van der Waals surface area contributed by atoms with Crippen LogP contribution < -0.4 is 0 Å². The van der Waals surface area contributed by atoms with Crippen molar-refractivity contribution in [2.75, 3.05) is 0 Å². The summed E-state index contributed by atoms with van der Waals surface area (Å²) in [5.41, 5.74) is 10.9. The highest BCUT2D eigenvalue weighted by Crippen LogP contribution is 2.39. The first-order valence-corrected chi connectivity index (χ1v) is 18.9. The first-order chi connectivity index (χ1) is 27.7. The van der Waals surface area contributed by atoms with Gasteiger partial charge in [0.2, 0.25) is 0 Å². The maximum absolute atomic E-state index is 4.96. The molecule has 0 aliphatic carbocycles. The quantitative estimate of drug-likeness (QED) is 0.172. The number of hydrogen-bond donors (Lipinski definition) is 0. The molecular formula is C51H33N5. The van der Waals surface area contributed by atoms with E-state index in [1.54, 1.807) is 0 Å². The highest BCUT2D eigenvalue weighted by molar-refractivity contribution is 6.20. The van der Waals surface area contributed by atoms with Crippen molar-refractivity contribution in [3.05, 3.63) is 200 Å². The summed E-state index contributed by atoms with van der Waals surface area (Å²) >= 11 is 0. The zero-order valence-corrected chi connectivity index (χ0v) is 30.3. The number of para-hydroxylation sites is 2. The van der Waals surface area contributed by atoms with E-state index in [1.807, 2.05) is 60.7 Å².